The number of hydrogen-bond acceptors (Lipinski definition) is 3. The van der Waals surface area contributed by atoms with Gasteiger partial charge in [-0.05, 0) is 27.2 Å². The third-order valence-electron chi connectivity index (χ3n) is 2.45. The number of amides is 2. The molecule has 0 saturated heterocycles. The topological polar surface area (TPSA) is 70.2 Å². The molecule has 0 spiro atoms. The second kappa shape index (κ2) is 8.98. The van der Waals surface area contributed by atoms with Crippen LogP contribution in [0.2, 0.25) is 0 Å². The normalized spacial score (nSPS) is 13.9. The van der Waals surface area contributed by atoms with Crippen molar-refractivity contribution in [3.63, 3.8) is 0 Å². The summed E-state index contributed by atoms with van der Waals surface area (Å²) in [6, 6.07) is -0.168. The van der Waals surface area contributed by atoms with Crippen LogP contribution >= 0.6 is 0 Å². The Bertz CT molecular complexity index is 244. The lowest BCUT2D eigenvalue weighted by molar-refractivity contribution is -0.124. The maximum atomic E-state index is 11.7. The molecule has 0 aromatic rings. The van der Waals surface area contributed by atoms with E-state index in [4.69, 9.17) is 0 Å². The van der Waals surface area contributed by atoms with Crippen molar-refractivity contribution in [3.8, 4) is 0 Å². The van der Waals surface area contributed by atoms with Crippen LogP contribution in [0.15, 0.2) is 0 Å². The third-order valence-corrected chi connectivity index (χ3v) is 2.45. The molecule has 0 aromatic carbocycles. The Kier molecular flexibility index (Phi) is 8.40. The van der Waals surface area contributed by atoms with Gasteiger partial charge in [-0.15, -0.1) is 0 Å². The van der Waals surface area contributed by atoms with Crippen LogP contribution < -0.4 is 16.0 Å². The van der Waals surface area contributed by atoms with Crippen LogP contribution in [0.1, 0.15) is 40.5 Å². The fourth-order valence-electron chi connectivity index (χ4n) is 1.47. The quantitative estimate of drug-likeness (QED) is 0.578. The van der Waals surface area contributed by atoms with Gasteiger partial charge in [-0.2, -0.15) is 0 Å². The molecule has 17 heavy (non-hydrogen) atoms. The summed E-state index contributed by atoms with van der Waals surface area (Å²) in [5, 5.41) is 8.46. The monoisotopic (exact) mass is 243 g/mol. The summed E-state index contributed by atoms with van der Waals surface area (Å²) in [5.41, 5.74) is 0. The van der Waals surface area contributed by atoms with Crippen LogP contribution in [0.4, 0.5) is 0 Å². The van der Waals surface area contributed by atoms with Crippen molar-refractivity contribution >= 4 is 11.8 Å². The molecule has 0 fully saturated rings. The van der Waals surface area contributed by atoms with E-state index in [1.807, 2.05) is 13.8 Å². The van der Waals surface area contributed by atoms with Crippen LogP contribution in [0.25, 0.3) is 0 Å². The van der Waals surface area contributed by atoms with Gasteiger partial charge in [-0.3, -0.25) is 14.9 Å². The van der Waals surface area contributed by atoms with Crippen molar-refractivity contribution in [2.75, 3.05) is 13.1 Å². The summed E-state index contributed by atoms with van der Waals surface area (Å²) >= 11 is 0. The van der Waals surface area contributed by atoms with E-state index in [9.17, 15) is 9.59 Å². The molecule has 0 saturated carbocycles. The maximum Gasteiger partial charge on any atom is 0.237 e. The first-order chi connectivity index (χ1) is 8.01. The number of hydrogen-bond donors (Lipinski definition) is 3. The number of likely N-dealkylation sites (N-methyl/N-ethyl adjacent to an activating group) is 1. The van der Waals surface area contributed by atoms with E-state index in [1.54, 1.807) is 6.92 Å². The van der Waals surface area contributed by atoms with Crippen molar-refractivity contribution in [3.05, 3.63) is 0 Å². The van der Waals surface area contributed by atoms with Crippen molar-refractivity contribution < 1.29 is 9.59 Å². The van der Waals surface area contributed by atoms with Crippen molar-refractivity contribution in [2.24, 2.45) is 0 Å². The molecule has 2 unspecified atom stereocenters. The van der Waals surface area contributed by atoms with Crippen molar-refractivity contribution in [1.29, 1.82) is 0 Å². The Morgan fingerprint density at radius 3 is 2.35 bits per heavy atom. The highest BCUT2D eigenvalue weighted by Gasteiger charge is 2.15. The van der Waals surface area contributed by atoms with Gasteiger partial charge in [0.05, 0.1) is 12.6 Å². The zero-order valence-electron chi connectivity index (χ0n) is 11.3. The predicted octanol–water partition coefficient (Wildman–Crippen LogP) is 0.405. The van der Waals surface area contributed by atoms with Gasteiger partial charge < -0.3 is 10.6 Å². The molecule has 0 bridgehead atoms. The Balaban J connectivity index is 3.85. The van der Waals surface area contributed by atoms with Gasteiger partial charge in [0.2, 0.25) is 11.8 Å². The fourth-order valence-corrected chi connectivity index (χ4v) is 1.47. The third kappa shape index (κ3) is 7.74. The molecule has 5 nitrogen and oxygen atoms in total. The molecule has 2 amide bonds. The SMILES string of the molecule is CCCC(C)NC(=O)C(C)NCC(=O)NCC. The Labute approximate surface area is 104 Å². The molecule has 0 aliphatic rings. The van der Waals surface area contributed by atoms with E-state index in [0.717, 1.165) is 12.8 Å². The number of rotatable bonds is 8. The van der Waals surface area contributed by atoms with Gasteiger partial charge in [0, 0.05) is 12.6 Å². The molecule has 3 N–H and O–H groups in total. The second-order valence-corrected chi connectivity index (χ2v) is 4.25. The fraction of sp³-hybridized carbons (Fsp3) is 0.833. The lowest BCUT2D eigenvalue weighted by atomic mass is 10.2. The van der Waals surface area contributed by atoms with Gasteiger partial charge in [-0.1, -0.05) is 13.3 Å². The minimum Gasteiger partial charge on any atom is -0.355 e. The molecule has 0 aliphatic carbocycles. The molecule has 0 aliphatic heterocycles. The molecule has 0 rings (SSSR count). The summed E-state index contributed by atoms with van der Waals surface area (Å²) < 4.78 is 0. The highest BCUT2D eigenvalue weighted by atomic mass is 16.2. The first-order valence-electron chi connectivity index (χ1n) is 6.31. The maximum absolute atomic E-state index is 11.7. The van der Waals surface area contributed by atoms with Crippen LogP contribution in [0.3, 0.4) is 0 Å². The summed E-state index contributed by atoms with van der Waals surface area (Å²) in [5.74, 6) is -0.149. The first kappa shape index (κ1) is 15.9. The second-order valence-electron chi connectivity index (χ2n) is 4.25. The lowest BCUT2D eigenvalue weighted by Crippen LogP contribution is -2.48. The smallest absolute Gasteiger partial charge is 0.237 e. The minimum atomic E-state index is -0.350. The number of carbonyl (C=O) groups excluding carboxylic acids is 2. The van der Waals surface area contributed by atoms with Crippen LogP contribution in [0, 0.1) is 0 Å². The largest absolute Gasteiger partial charge is 0.355 e. The zero-order valence-corrected chi connectivity index (χ0v) is 11.3. The van der Waals surface area contributed by atoms with Crippen LogP contribution in [-0.4, -0.2) is 37.0 Å². The van der Waals surface area contributed by atoms with E-state index in [1.165, 1.54) is 0 Å². The van der Waals surface area contributed by atoms with Gasteiger partial charge in [-0.25, -0.2) is 0 Å². The molecule has 100 valence electrons. The van der Waals surface area contributed by atoms with E-state index < -0.39 is 0 Å². The summed E-state index contributed by atoms with van der Waals surface area (Å²) in [6.45, 7) is 8.46. The molecule has 0 heterocycles. The summed E-state index contributed by atoms with van der Waals surface area (Å²) in [7, 11) is 0. The predicted molar refractivity (Wildman–Crippen MR) is 68.7 cm³/mol. The summed E-state index contributed by atoms with van der Waals surface area (Å²) in [4.78, 5) is 22.9. The lowest BCUT2D eigenvalue weighted by Gasteiger charge is -2.17. The Morgan fingerprint density at radius 2 is 1.82 bits per heavy atom. The highest BCUT2D eigenvalue weighted by Crippen LogP contribution is 1.95. The van der Waals surface area contributed by atoms with E-state index >= 15 is 0 Å². The first-order valence-corrected chi connectivity index (χ1v) is 6.31. The van der Waals surface area contributed by atoms with Crippen molar-refractivity contribution in [2.45, 2.75) is 52.6 Å². The number of nitrogens with one attached hydrogen (secondary N) is 3. The van der Waals surface area contributed by atoms with Crippen LogP contribution in [-0.2, 0) is 9.59 Å². The van der Waals surface area contributed by atoms with Crippen LogP contribution in [0.5, 0.6) is 0 Å². The molecular weight excluding hydrogens is 218 g/mol. The minimum absolute atomic E-state index is 0.0600. The average molecular weight is 243 g/mol. The highest BCUT2D eigenvalue weighted by molar-refractivity contribution is 5.83. The molecule has 5 heteroatoms. The molecular formula is C12H25N3O2. The van der Waals surface area contributed by atoms with Gasteiger partial charge in [0.1, 0.15) is 0 Å². The summed E-state index contributed by atoms with van der Waals surface area (Å²) in [6.07, 6.45) is 2.01. The Hall–Kier alpha value is -1.10. The van der Waals surface area contributed by atoms with Gasteiger partial charge >= 0.3 is 0 Å². The van der Waals surface area contributed by atoms with Gasteiger partial charge in [0.15, 0.2) is 0 Å². The molecule has 0 radical (unpaired) electrons. The zero-order chi connectivity index (χ0) is 13.3. The standard InChI is InChI=1S/C12H25N3O2/c1-5-7-9(3)15-12(17)10(4)14-8-11(16)13-6-2/h9-10,14H,5-8H2,1-4H3,(H,13,16)(H,15,17). The average Bonchev–Trinajstić information content (AvgIpc) is 2.26. The van der Waals surface area contributed by atoms with Gasteiger partial charge in [0.25, 0.3) is 0 Å². The molecule has 2 atom stereocenters. The molecule has 0 aromatic heterocycles. The van der Waals surface area contributed by atoms with E-state index in [2.05, 4.69) is 22.9 Å². The van der Waals surface area contributed by atoms with E-state index in [-0.39, 0.29) is 30.4 Å². The Morgan fingerprint density at radius 1 is 1.18 bits per heavy atom. The van der Waals surface area contributed by atoms with Crippen molar-refractivity contribution in [1.82, 2.24) is 16.0 Å². The number of carbonyl (C=O) groups is 2. The van der Waals surface area contributed by atoms with E-state index in [0.29, 0.717) is 6.54 Å².